The lowest BCUT2D eigenvalue weighted by Crippen LogP contribution is -2.15. The molecule has 0 unspecified atom stereocenters. The van der Waals surface area contributed by atoms with Crippen molar-refractivity contribution in [3.05, 3.63) is 83.4 Å². The van der Waals surface area contributed by atoms with Gasteiger partial charge in [0, 0.05) is 5.56 Å². The van der Waals surface area contributed by atoms with E-state index in [4.69, 9.17) is 9.47 Å². The lowest BCUT2D eigenvalue weighted by Gasteiger charge is -2.17. The van der Waals surface area contributed by atoms with E-state index in [9.17, 15) is 4.79 Å². The van der Waals surface area contributed by atoms with Crippen molar-refractivity contribution in [1.82, 2.24) is 0 Å². The van der Waals surface area contributed by atoms with Crippen LogP contribution in [0.5, 0.6) is 17.2 Å². The zero-order valence-electron chi connectivity index (χ0n) is 16.7. The molecule has 3 aromatic rings. The Morgan fingerprint density at radius 2 is 1.61 bits per heavy atom. The molecule has 0 fully saturated rings. The van der Waals surface area contributed by atoms with Crippen molar-refractivity contribution in [2.24, 2.45) is 0 Å². The Morgan fingerprint density at radius 3 is 2.29 bits per heavy atom. The van der Waals surface area contributed by atoms with E-state index < -0.39 is 0 Å². The third-order valence-corrected chi connectivity index (χ3v) is 4.55. The quantitative estimate of drug-likeness (QED) is 0.560. The van der Waals surface area contributed by atoms with E-state index in [2.05, 4.69) is 19.2 Å². The molecule has 4 heteroatoms. The summed E-state index contributed by atoms with van der Waals surface area (Å²) in [7, 11) is 1.65. The maximum atomic E-state index is 13.0. The van der Waals surface area contributed by atoms with Crippen molar-refractivity contribution in [2.45, 2.75) is 26.7 Å². The average Bonchev–Trinajstić information content (AvgIpc) is 2.69. The summed E-state index contributed by atoms with van der Waals surface area (Å²) in [4.78, 5) is 13.0. The number of nitrogens with one attached hydrogen (secondary N) is 1. The minimum absolute atomic E-state index is 0.175. The predicted octanol–water partition coefficient (Wildman–Crippen LogP) is 6.17. The first-order valence-corrected chi connectivity index (χ1v) is 9.31. The van der Waals surface area contributed by atoms with Crippen LogP contribution in [0.25, 0.3) is 0 Å². The third-order valence-electron chi connectivity index (χ3n) is 4.55. The molecule has 1 N–H and O–H groups in total. The Bertz CT molecular complexity index is 965. The van der Waals surface area contributed by atoms with Gasteiger partial charge in [0.15, 0.2) is 5.75 Å². The zero-order chi connectivity index (χ0) is 20.1. The Morgan fingerprint density at radius 1 is 0.929 bits per heavy atom. The number of hydrogen-bond acceptors (Lipinski definition) is 3. The van der Waals surface area contributed by atoms with E-state index in [-0.39, 0.29) is 11.8 Å². The molecule has 3 rings (SSSR count). The van der Waals surface area contributed by atoms with Gasteiger partial charge in [0.05, 0.1) is 12.8 Å². The lowest BCUT2D eigenvalue weighted by molar-refractivity contribution is 0.102. The predicted molar refractivity (Wildman–Crippen MR) is 113 cm³/mol. The van der Waals surface area contributed by atoms with Gasteiger partial charge in [0.2, 0.25) is 0 Å². The fourth-order valence-electron chi connectivity index (χ4n) is 3.03. The highest BCUT2D eigenvalue weighted by atomic mass is 16.5. The zero-order valence-corrected chi connectivity index (χ0v) is 16.7. The number of anilines is 1. The minimum Gasteiger partial charge on any atom is -0.496 e. The summed E-state index contributed by atoms with van der Waals surface area (Å²) in [6, 6.07) is 20.7. The maximum Gasteiger partial charge on any atom is 0.256 e. The molecule has 0 saturated heterocycles. The van der Waals surface area contributed by atoms with Crippen molar-refractivity contribution in [3.63, 3.8) is 0 Å². The Labute approximate surface area is 166 Å². The van der Waals surface area contributed by atoms with E-state index in [0.717, 1.165) is 16.9 Å². The summed E-state index contributed by atoms with van der Waals surface area (Å²) in [5.74, 6) is 2.18. The second-order valence-electron chi connectivity index (χ2n) is 6.93. The number of methoxy groups -OCH3 is 1. The van der Waals surface area contributed by atoms with Crippen molar-refractivity contribution in [1.29, 1.82) is 0 Å². The van der Waals surface area contributed by atoms with Crippen molar-refractivity contribution < 1.29 is 14.3 Å². The number of carbonyl (C=O) groups excluding carboxylic acids is 1. The maximum absolute atomic E-state index is 13.0. The topological polar surface area (TPSA) is 47.6 Å². The molecular formula is C24H25NO3. The van der Waals surface area contributed by atoms with Gasteiger partial charge in [-0.1, -0.05) is 44.2 Å². The Hall–Kier alpha value is -3.27. The number of ether oxygens (including phenoxy) is 2. The van der Waals surface area contributed by atoms with Crippen LogP contribution in [0.15, 0.2) is 66.7 Å². The SMILES string of the molecule is COc1cc(C)c(C(=O)Nc2ccccc2Oc2ccccc2)cc1C(C)C. The molecular weight excluding hydrogens is 350 g/mol. The summed E-state index contributed by atoms with van der Waals surface area (Å²) in [5.41, 5.74) is 3.11. The monoisotopic (exact) mass is 375 g/mol. The van der Waals surface area contributed by atoms with E-state index in [0.29, 0.717) is 22.7 Å². The fraction of sp³-hybridized carbons (Fsp3) is 0.208. The first kappa shape index (κ1) is 19.5. The Kier molecular flexibility index (Phi) is 5.99. The van der Waals surface area contributed by atoms with Gasteiger partial charge >= 0.3 is 0 Å². The molecule has 0 atom stereocenters. The molecule has 3 aromatic carbocycles. The number of aryl methyl sites for hydroxylation is 1. The first-order chi connectivity index (χ1) is 13.5. The van der Waals surface area contributed by atoms with Gasteiger partial charge in [-0.05, 0) is 60.4 Å². The van der Waals surface area contributed by atoms with Gasteiger partial charge in [-0.15, -0.1) is 0 Å². The second kappa shape index (κ2) is 8.61. The number of benzene rings is 3. The molecule has 0 aliphatic carbocycles. The molecule has 0 aliphatic heterocycles. The number of rotatable bonds is 6. The van der Waals surface area contributed by atoms with Gasteiger partial charge in [-0.25, -0.2) is 0 Å². The van der Waals surface area contributed by atoms with Crippen LogP contribution in [0.3, 0.4) is 0 Å². The first-order valence-electron chi connectivity index (χ1n) is 9.31. The molecule has 0 radical (unpaired) electrons. The van der Waals surface area contributed by atoms with Crippen LogP contribution in [-0.4, -0.2) is 13.0 Å². The summed E-state index contributed by atoms with van der Waals surface area (Å²) in [6.07, 6.45) is 0. The molecule has 0 saturated carbocycles. The van der Waals surface area contributed by atoms with Crippen LogP contribution in [0, 0.1) is 6.92 Å². The van der Waals surface area contributed by atoms with Crippen LogP contribution < -0.4 is 14.8 Å². The molecule has 0 bridgehead atoms. The van der Waals surface area contributed by atoms with Crippen LogP contribution >= 0.6 is 0 Å². The number of para-hydroxylation sites is 3. The molecule has 0 aromatic heterocycles. The van der Waals surface area contributed by atoms with Crippen LogP contribution in [0.1, 0.15) is 41.3 Å². The van der Waals surface area contributed by atoms with Crippen molar-refractivity contribution >= 4 is 11.6 Å². The third kappa shape index (κ3) is 4.34. The summed E-state index contributed by atoms with van der Waals surface area (Å²) in [5, 5.41) is 2.99. The van der Waals surface area contributed by atoms with Gasteiger partial charge < -0.3 is 14.8 Å². The fourth-order valence-corrected chi connectivity index (χ4v) is 3.03. The molecule has 0 spiro atoms. The molecule has 0 aliphatic rings. The highest BCUT2D eigenvalue weighted by molar-refractivity contribution is 6.06. The van der Waals surface area contributed by atoms with E-state index in [1.165, 1.54) is 0 Å². The largest absolute Gasteiger partial charge is 0.496 e. The number of amides is 1. The molecule has 1 amide bonds. The van der Waals surface area contributed by atoms with Crippen LogP contribution in [-0.2, 0) is 0 Å². The number of hydrogen-bond donors (Lipinski definition) is 1. The van der Waals surface area contributed by atoms with Gasteiger partial charge in [0.1, 0.15) is 11.5 Å². The smallest absolute Gasteiger partial charge is 0.256 e. The second-order valence-corrected chi connectivity index (χ2v) is 6.93. The van der Waals surface area contributed by atoms with Crippen molar-refractivity contribution in [2.75, 3.05) is 12.4 Å². The lowest BCUT2D eigenvalue weighted by atomic mass is 9.96. The minimum atomic E-state index is -0.175. The van der Waals surface area contributed by atoms with Gasteiger partial charge in [-0.3, -0.25) is 4.79 Å². The summed E-state index contributed by atoms with van der Waals surface area (Å²) >= 11 is 0. The van der Waals surface area contributed by atoms with E-state index in [1.54, 1.807) is 7.11 Å². The molecule has 28 heavy (non-hydrogen) atoms. The van der Waals surface area contributed by atoms with Crippen molar-refractivity contribution in [3.8, 4) is 17.2 Å². The van der Waals surface area contributed by atoms with Gasteiger partial charge in [-0.2, -0.15) is 0 Å². The molecule has 144 valence electrons. The molecule has 0 heterocycles. The van der Waals surface area contributed by atoms with Crippen LogP contribution in [0.2, 0.25) is 0 Å². The highest BCUT2D eigenvalue weighted by Crippen LogP contribution is 2.32. The van der Waals surface area contributed by atoms with E-state index >= 15 is 0 Å². The normalized spacial score (nSPS) is 10.6. The number of carbonyl (C=O) groups is 1. The average molecular weight is 375 g/mol. The standard InChI is InChI=1S/C24H25NO3/c1-16(2)19-15-20(17(3)14-23(19)27-4)24(26)25-21-12-8-9-13-22(21)28-18-10-6-5-7-11-18/h5-16H,1-4H3,(H,25,26). The Balaban J connectivity index is 1.89. The highest BCUT2D eigenvalue weighted by Gasteiger charge is 2.17. The van der Waals surface area contributed by atoms with E-state index in [1.807, 2.05) is 73.7 Å². The van der Waals surface area contributed by atoms with Gasteiger partial charge in [0.25, 0.3) is 5.91 Å². The summed E-state index contributed by atoms with van der Waals surface area (Å²) in [6.45, 7) is 6.07. The van der Waals surface area contributed by atoms with Crippen LogP contribution in [0.4, 0.5) is 5.69 Å². The molecule has 4 nitrogen and oxygen atoms in total. The summed E-state index contributed by atoms with van der Waals surface area (Å²) < 4.78 is 11.4.